The van der Waals surface area contributed by atoms with Crippen molar-refractivity contribution in [3.63, 3.8) is 0 Å². The van der Waals surface area contributed by atoms with Crippen LogP contribution >= 0.6 is 12.4 Å². The maximum absolute atomic E-state index is 12.0. The number of carbonyl (C=O) groups is 2. The van der Waals surface area contributed by atoms with Crippen LogP contribution in [0.4, 0.5) is 0 Å². The Balaban J connectivity index is 0.00000361. The zero-order valence-electron chi connectivity index (χ0n) is 12.6. The Kier molecular flexibility index (Phi) is 9.54. The number of rotatable bonds is 6. The minimum Gasteiger partial charge on any atom is -0.355 e. The van der Waals surface area contributed by atoms with Gasteiger partial charge in [-0.15, -0.1) is 12.4 Å². The predicted molar refractivity (Wildman–Crippen MR) is 82.1 cm³/mol. The van der Waals surface area contributed by atoms with Crippen molar-refractivity contribution < 1.29 is 9.59 Å². The molecule has 0 aromatic heterocycles. The lowest BCUT2D eigenvalue weighted by Crippen LogP contribution is -2.52. The van der Waals surface area contributed by atoms with Gasteiger partial charge in [0.1, 0.15) is 0 Å². The Morgan fingerprint density at radius 1 is 1.45 bits per heavy atom. The van der Waals surface area contributed by atoms with E-state index in [0.29, 0.717) is 19.1 Å². The van der Waals surface area contributed by atoms with Crippen molar-refractivity contribution in [3.8, 4) is 0 Å². The number of amides is 2. The Bertz CT molecular complexity index is 315. The SMILES string of the molecule is CCCNC(=O)CN(C)C(=O)CN1CCNC(C)C1.Cl. The zero-order valence-corrected chi connectivity index (χ0v) is 13.5. The van der Waals surface area contributed by atoms with Gasteiger partial charge in [0.2, 0.25) is 11.8 Å². The van der Waals surface area contributed by atoms with Gasteiger partial charge in [-0.05, 0) is 13.3 Å². The highest BCUT2D eigenvalue weighted by Crippen LogP contribution is 1.99. The molecule has 0 radical (unpaired) electrons. The molecule has 1 fully saturated rings. The number of hydrogen-bond acceptors (Lipinski definition) is 4. The summed E-state index contributed by atoms with van der Waals surface area (Å²) in [6.07, 6.45) is 0.905. The lowest BCUT2D eigenvalue weighted by Gasteiger charge is -2.32. The molecule has 2 N–H and O–H groups in total. The lowest BCUT2D eigenvalue weighted by atomic mass is 10.2. The third kappa shape index (κ3) is 7.07. The van der Waals surface area contributed by atoms with E-state index >= 15 is 0 Å². The quantitative estimate of drug-likeness (QED) is 0.706. The third-order valence-electron chi connectivity index (χ3n) is 3.19. The van der Waals surface area contributed by atoms with Crippen LogP contribution in [0.2, 0.25) is 0 Å². The zero-order chi connectivity index (χ0) is 14.3. The number of hydrogen-bond donors (Lipinski definition) is 2. The van der Waals surface area contributed by atoms with Gasteiger partial charge in [-0.25, -0.2) is 0 Å². The minimum absolute atomic E-state index is 0. The van der Waals surface area contributed by atoms with Crippen molar-refractivity contribution in [3.05, 3.63) is 0 Å². The molecular weight excluding hydrogens is 280 g/mol. The maximum atomic E-state index is 12.0. The van der Waals surface area contributed by atoms with E-state index in [9.17, 15) is 9.59 Å². The second-order valence-electron chi connectivity index (χ2n) is 5.19. The molecule has 7 heteroatoms. The summed E-state index contributed by atoms with van der Waals surface area (Å²) < 4.78 is 0. The highest BCUT2D eigenvalue weighted by Gasteiger charge is 2.20. The molecule has 118 valence electrons. The number of carbonyl (C=O) groups excluding carboxylic acids is 2. The van der Waals surface area contributed by atoms with Crippen LogP contribution in [0, 0.1) is 0 Å². The van der Waals surface area contributed by atoms with Crippen molar-refractivity contribution in [2.45, 2.75) is 26.3 Å². The molecule has 1 heterocycles. The monoisotopic (exact) mass is 306 g/mol. The van der Waals surface area contributed by atoms with Gasteiger partial charge < -0.3 is 15.5 Å². The summed E-state index contributed by atoms with van der Waals surface area (Å²) >= 11 is 0. The first kappa shape index (κ1) is 19.1. The van der Waals surface area contributed by atoms with E-state index < -0.39 is 0 Å². The number of nitrogens with one attached hydrogen (secondary N) is 2. The van der Waals surface area contributed by atoms with Crippen LogP contribution in [0.15, 0.2) is 0 Å². The Hall–Kier alpha value is -0.850. The molecule has 1 unspecified atom stereocenters. The highest BCUT2D eigenvalue weighted by molar-refractivity contribution is 5.85. The molecule has 1 saturated heterocycles. The number of piperazine rings is 1. The van der Waals surface area contributed by atoms with E-state index in [1.165, 1.54) is 4.90 Å². The van der Waals surface area contributed by atoms with E-state index in [4.69, 9.17) is 0 Å². The smallest absolute Gasteiger partial charge is 0.239 e. The number of nitrogens with zero attached hydrogens (tertiary/aromatic N) is 2. The van der Waals surface area contributed by atoms with Gasteiger partial charge >= 0.3 is 0 Å². The molecule has 1 aliphatic heterocycles. The van der Waals surface area contributed by atoms with Crippen LogP contribution in [0.25, 0.3) is 0 Å². The van der Waals surface area contributed by atoms with Crippen LogP contribution in [-0.4, -0.2) is 74.0 Å². The number of halogens is 1. The summed E-state index contributed by atoms with van der Waals surface area (Å²) in [6.45, 7) is 7.97. The van der Waals surface area contributed by atoms with Crippen LogP contribution < -0.4 is 10.6 Å². The van der Waals surface area contributed by atoms with E-state index in [1.807, 2.05) is 6.92 Å². The molecule has 6 nitrogen and oxygen atoms in total. The van der Waals surface area contributed by atoms with E-state index in [2.05, 4.69) is 22.5 Å². The highest BCUT2D eigenvalue weighted by atomic mass is 35.5. The summed E-state index contributed by atoms with van der Waals surface area (Å²) in [6, 6.07) is 0.416. The van der Waals surface area contributed by atoms with Crippen LogP contribution in [0.3, 0.4) is 0 Å². The molecule has 1 aliphatic rings. The van der Waals surface area contributed by atoms with Crippen molar-refractivity contribution in [1.29, 1.82) is 0 Å². The first-order valence-corrected chi connectivity index (χ1v) is 6.99. The van der Waals surface area contributed by atoms with Crippen molar-refractivity contribution in [2.75, 3.05) is 46.3 Å². The Morgan fingerprint density at radius 2 is 2.15 bits per heavy atom. The molecule has 1 rings (SSSR count). The van der Waals surface area contributed by atoms with Crippen LogP contribution in [0.1, 0.15) is 20.3 Å². The van der Waals surface area contributed by atoms with Crippen LogP contribution in [0.5, 0.6) is 0 Å². The Morgan fingerprint density at radius 3 is 2.75 bits per heavy atom. The maximum Gasteiger partial charge on any atom is 0.239 e. The lowest BCUT2D eigenvalue weighted by molar-refractivity contribution is -0.135. The fourth-order valence-electron chi connectivity index (χ4n) is 2.09. The van der Waals surface area contributed by atoms with E-state index in [-0.39, 0.29) is 30.8 Å². The standard InChI is InChI=1S/C13H26N4O2.ClH/c1-4-5-15-12(18)9-16(3)13(19)10-17-7-6-14-11(2)8-17;/h11,14H,4-10H2,1-3H3,(H,15,18);1H. The first-order valence-electron chi connectivity index (χ1n) is 6.99. The van der Waals surface area contributed by atoms with Crippen LogP contribution in [-0.2, 0) is 9.59 Å². The summed E-state index contributed by atoms with van der Waals surface area (Å²) in [4.78, 5) is 27.2. The largest absolute Gasteiger partial charge is 0.355 e. The third-order valence-corrected chi connectivity index (χ3v) is 3.19. The molecule has 0 saturated carbocycles. The van der Waals surface area contributed by atoms with Gasteiger partial charge in [0.05, 0.1) is 13.1 Å². The average Bonchev–Trinajstić information content (AvgIpc) is 2.36. The number of likely N-dealkylation sites (N-methyl/N-ethyl adjacent to an activating group) is 1. The van der Waals surface area contributed by atoms with Crippen molar-refractivity contribution in [1.82, 2.24) is 20.4 Å². The van der Waals surface area contributed by atoms with Gasteiger partial charge in [0.15, 0.2) is 0 Å². The molecule has 0 aromatic carbocycles. The minimum atomic E-state index is -0.0913. The van der Waals surface area contributed by atoms with Gasteiger partial charge in [-0.2, -0.15) is 0 Å². The fourth-order valence-corrected chi connectivity index (χ4v) is 2.09. The van der Waals surface area contributed by atoms with E-state index in [1.54, 1.807) is 7.05 Å². The van der Waals surface area contributed by atoms with Gasteiger partial charge in [-0.3, -0.25) is 14.5 Å². The molecular formula is C13H27ClN4O2. The molecule has 0 spiro atoms. The molecule has 0 aromatic rings. The van der Waals surface area contributed by atoms with Gasteiger partial charge in [-0.1, -0.05) is 6.92 Å². The second-order valence-corrected chi connectivity index (χ2v) is 5.19. The average molecular weight is 307 g/mol. The topological polar surface area (TPSA) is 64.7 Å². The van der Waals surface area contributed by atoms with Gasteiger partial charge in [0, 0.05) is 39.3 Å². The molecule has 1 atom stereocenters. The molecule has 20 heavy (non-hydrogen) atoms. The summed E-state index contributed by atoms with van der Waals surface area (Å²) in [5.74, 6) is -0.0906. The normalized spacial score (nSPS) is 19.1. The Labute approximate surface area is 127 Å². The van der Waals surface area contributed by atoms with Gasteiger partial charge in [0.25, 0.3) is 0 Å². The molecule has 0 bridgehead atoms. The second kappa shape index (κ2) is 9.96. The van der Waals surface area contributed by atoms with E-state index in [0.717, 1.165) is 26.1 Å². The summed E-state index contributed by atoms with van der Waals surface area (Å²) in [7, 11) is 1.68. The molecule has 0 aliphatic carbocycles. The fraction of sp³-hybridized carbons (Fsp3) is 0.846. The first-order chi connectivity index (χ1) is 9.02. The predicted octanol–water partition coefficient (Wildman–Crippen LogP) is -0.313. The summed E-state index contributed by atoms with van der Waals surface area (Å²) in [5, 5.41) is 6.11. The summed E-state index contributed by atoms with van der Waals surface area (Å²) in [5.41, 5.74) is 0. The molecule has 2 amide bonds. The van der Waals surface area contributed by atoms with Crippen molar-refractivity contribution >= 4 is 24.2 Å². The van der Waals surface area contributed by atoms with Crippen molar-refractivity contribution in [2.24, 2.45) is 0 Å².